The highest BCUT2D eigenvalue weighted by atomic mass is 16.6. The number of hydrogen-bond acceptors (Lipinski definition) is 3. The fraction of sp³-hybridized carbons (Fsp3) is 0.100. The molecule has 0 fully saturated rings. The monoisotopic (exact) mass is 333 g/mol. The molecular weight excluding hydrogens is 316 g/mol. The lowest BCUT2D eigenvalue weighted by atomic mass is 10.1. The van der Waals surface area contributed by atoms with Crippen LogP contribution in [0.1, 0.15) is 21.5 Å². The van der Waals surface area contributed by atoms with Crippen molar-refractivity contribution < 1.29 is 14.3 Å². The van der Waals surface area contributed by atoms with Crippen LogP contribution in [0.25, 0.3) is 0 Å². The SMILES string of the molecule is O=C(C[n+]1ccc(Cc2ccccc2)cc1)c1ccccc1[N+](=O)[O-]. The van der Waals surface area contributed by atoms with Gasteiger partial charge in [-0.3, -0.25) is 14.9 Å². The molecule has 0 spiro atoms. The van der Waals surface area contributed by atoms with E-state index >= 15 is 0 Å². The first-order valence-corrected chi connectivity index (χ1v) is 7.92. The zero-order valence-electron chi connectivity index (χ0n) is 13.5. The second-order valence-corrected chi connectivity index (χ2v) is 5.74. The second-order valence-electron chi connectivity index (χ2n) is 5.74. The van der Waals surface area contributed by atoms with E-state index in [1.165, 1.54) is 17.7 Å². The largest absolute Gasteiger partial charge is 0.287 e. The molecule has 0 aliphatic rings. The summed E-state index contributed by atoms with van der Waals surface area (Å²) >= 11 is 0. The van der Waals surface area contributed by atoms with Gasteiger partial charge in [0.05, 0.1) is 4.92 Å². The summed E-state index contributed by atoms with van der Waals surface area (Å²) in [5, 5.41) is 11.0. The molecule has 0 N–H and O–H groups in total. The topological polar surface area (TPSA) is 64.1 Å². The molecule has 0 saturated carbocycles. The third kappa shape index (κ3) is 4.14. The number of nitro groups is 1. The maximum atomic E-state index is 12.4. The van der Waals surface area contributed by atoms with Gasteiger partial charge in [-0.05, 0) is 23.6 Å². The molecule has 25 heavy (non-hydrogen) atoms. The summed E-state index contributed by atoms with van der Waals surface area (Å²) in [5.74, 6) is -0.284. The van der Waals surface area contributed by atoms with Gasteiger partial charge in [0.25, 0.3) is 5.69 Å². The summed E-state index contributed by atoms with van der Waals surface area (Å²) in [6, 6.07) is 20.1. The number of carbonyl (C=O) groups excluding carboxylic acids is 1. The first-order valence-electron chi connectivity index (χ1n) is 7.92. The normalized spacial score (nSPS) is 10.4. The van der Waals surface area contributed by atoms with Crippen molar-refractivity contribution in [1.29, 1.82) is 0 Å². The van der Waals surface area contributed by atoms with Crippen LogP contribution >= 0.6 is 0 Å². The van der Waals surface area contributed by atoms with E-state index in [4.69, 9.17) is 0 Å². The Labute approximate surface area is 145 Å². The molecule has 0 aliphatic heterocycles. The molecule has 1 aromatic heterocycles. The number of ketones is 1. The number of nitro benzene ring substituents is 1. The molecule has 0 saturated heterocycles. The summed E-state index contributed by atoms with van der Waals surface area (Å²) in [6.07, 6.45) is 4.47. The van der Waals surface area contributed by atoms with Crippen molar-refractivity contribution in [3.8, 4) is 0 Å². The first kappa shape index (κ1) is 16.5. The Morgan fingerprint density at radius 2 is 1.48 bits per heavy atom. The maximum absolute atomic E-state index is 12.4. The quantitative estimate of drug-likeness (QED) is 0.301. The third-order valence-corrected chi connectivity index (χ3v) is 3.94. The third-order valence-electron chi connectivity index (χ3n) is 3.94. The van der Waals surface area contributed by atoms with Gasteiger partial charge in [-0.15, -0.1) is 0 Å². The van der Waals surface area contributed by atoms with Crippen LogP contribution in [0.2, 0.25) is 0 Å². The molecule has 3 aromatic rings. The van der Waals surface area contributed by atoms with E-state index in [1.54, 1.807) is 16.7 Å². The molecule has 2 aromatic carbocycles. The van der Waals surface area contributed by atoms with E-state index in [2.05, 4.69) is 12.1 Å². The van der Waals surface area contributed by atoms with E-state index in [0.29, 0.717) is 0 Å². The molecule has 5 nitrogen and oxygen atoms in total. The molecule has 1 heterocycles. The average Bonchev–Trinajstić information content (AvgIpc) is 2.64. The van der Waals surface area contributed by atoms with Crippen LogP contribution in [0.5, 0.6) is 0 Å². The number of Topliss-reactive ketones (excluding diaryl/α,β-unsaturated/α-hetero) is 1. The van der Waals surface area contributed by atoms with Gasteiger partial charge in [-0.2, -0.15) is 4.57 Å². The smallest absolute Gasteiger partial charge is 0.280 e. The summed E-state index contributed by atoms with van der Waals surface area (Å²) in [5.41, 5.74) is 2.33. The van der Waals surface area contributed by atoms with Crippen LogP contribution < -0.4 is 4.57 Å². The molecular formula is C20H17N2O3+. The minimum Gasteiger partial charge on any atom is -0.287 e. The van der Waals surface area contributed by atoms with Gasteiger partial charge >= 0.3 is 0 Å². The van der Waals surface area contributed by atoms with E-state index in [9.17, 15) is 14.9 Å². The van der Waals surface area contributed by atoms with Gasteiger partial charge in [0.1, 0.15) is 5.56 Å². The van der Waals surface area contributed by atoms with Crippen molar-refractivity contribution in [2.45, 2.75) is 13.0 Å². The Balaban J connectivity index is 1.71. The number of benzene rings is 2. The fourth-order valence-electron chi connectivity index (χ4n) is 2.66. The van der Waals surface area contributed by atoms with Crippen molar-refractivity contribution >= 4 is 11.5 Å². The van der Waals surface area contributed by atoms with Crippen LogP contribution in [-0.2, 0) is 13.0 Å². The van der Waals surface area contributed by atoms with Crippen LogP contribution in [0.15, 0.2) is 79.1 Å². The number of carbonyl (C=O) groups is 1. The van der Waals surface area contributed by atoms with Gasteiger partial charge in [-0.25, -0.2) is 0 Å². The second kappa shape index (κ2) is 7.49. The summed E-state index contributed by atoms with van der Waals surface area (Å²) in [6.45, 7) is 0.0659. The molecule has 0 amide bonds. The van der Waals surface area contributed by atoms with E-state index < -0.39 is 4.92 Å². The van der Waals surface area contributed by atoms with Crippen LogP contribution in [-0.4, -0.2) is 10.7 Å². The standard InChI is InChI=1S/C20H17N2O3/c23-20(18-8-4-5-9-19(18)22(24)25)15-21-12-10-17(11-13-21)14-16-6-2-1-3-7-16/h1-13H,14-15H2/q+1. The van der Waals surface area contributed by atoms with Gasteiger partial charge in [0.15, 0.2) is 12.4 Å². The van der Waals surface area contributed by atoms with Crippen LogP contribution in [0.3, 0.4) is 0 Å². The lowest BCUT2D eigenvalue weighted by Crippen LogP contribution is -2.37. The molecule has 124 valence electrons. The van der Waals surface area contributed by atoms with Gasteiger partial charge in [0.2, 0.25) is 12.3 Å². The predicted molar refractivity (Wildman–Crippen MR) is 93.3 cm³/mol. The highest BCUT2D eigenvalue weighted by Crippen LogP contribution is 2.18. The molecule has 5 heteroatoms. The molecule has 0 atom stereocenters. The number of para-hydroxylation sites is 1. The maximum Gasteiger partial charge on any atom is 0.280 e. The molecule has 0 radical (unpaired) electrons. The zero-order chi connectivity index (χ0) is 17.6. The lowest BCUT2D eigenvalue weighted by molar-refractivity contribution is -0.683. The summed E-state index contributed by atoms with van der Waals surface area (Å²) in [4.78, 5) is 22.9. The number of nitrogens with zero attached hydrogens (tertiary/aromatic N) is 2. The number of hydrogen-bond donors (Lipinski definition) is 0. The molecule has 3 rings (SSSR count). The Morgan fingerprint density at radius 3 is 2.16 bits per heavy atom. The predicted octanol–water partition coefficient (Wildman–Crippen LogP) is 3.36. The minimum atomic E-state index is -0.527. The van der Waals surface area contributed by atoms with E-state index in [0.717, 1.165) is 12.0 Å². The highest BCUT2D eigenvalue weighted by Gasteiger charge is 2.21. The Hall–Kier alpha value is -3.34. The van der Waals surface area contributed by atoms with Crippen LogP contribution in [0.4, 0.5) is 5.69 Å². The summed E-state index contributed by atoms with van der Waals surface area (Å²) < 4.78 is 1.73. The minimum absolute atomic E-state index is 0.0659. The van der Waals surface area contributed by atoms with E-state index in [-0.39, 0.29) is 23.6 Å². The van der Waals surface area contributed by atoms with Crippen molar-refractivity contribution in [3.05, 3.63) is 106 Å². The van der Waals surface area contributed by atoms with Gasteiger partial charge in [-0.1, -0.05) is 42.5 Å². The van der Waals surface area contributed by atoms with Gasteiger partial charge < -0.3 is 0 Å². The molecule has 0 aliphatic carbocycles. The van der Waals surface area contributed by atoms with Crippen LogP contribution in [0, 0.1) is 10.1 Å². The number of rotatable bonds is 6. The first-order chi connectivity index (χ1) is 12.1. The lowest BCUT2D eigenvalue weighted by Gasteiger charge is -2.02. The Bertz CT molecular complexity index is 890. The fourth-order valence-corrected chi connectivity index (χ4v) is 2.66. The van der Waals surface area contributed by atoms with Crippen molar-refractivity contribution in [2.24, 2.45) is 0 Å². The molecule has 0 unspecified atom stereocenters. The highest BCUT2D eigenvalue weighted by molar-refractivity contribution is 5.98. The summed E-state index contributed by atoms with van der Waals surface area (Å²) in [7, 11) is 0. The van der Waals surface area contributed by atoms with Gasteiger partial charge in [0, 0.05) is 18.2 Å². The number of aromatic nitrogens is 1. The van der Waals surface area contributed by atoms with Crippen molar-refractivity contribution in [3.63, 3.8) is 0 Å². The van der Waals surface area contributed by atoms with E-state index in [1.807, 2.05) is 42.7 Å². The van der Waals surface area contributed by atoms with Crippen molar-refractivity contribution in [2.75, 3.05) is 0 Å². The van der Waals surface area contributed by atoms with Crippen molar-refractivity contribution in [1.82, 2.24) is 0 Å². The Kier molecular flexibility index (Phi) is 4.95. The molecule has 0 bridgehead atoms. The average molecular weight is 333 g/mol. The Morgan fingerprint density at radius 1 is 0.880 bits per heavy atom. The zero-order valence-corrected chi connectivity index (χ0v) is 13.5. The number of pyridine rings is 1.